The van der Waals surface area contributed by atoms with E-state index >= 15 is 0 Å². The highest BCUT2D eigenvalue weighted by Crippen LogP contribution is 2.08. The predicted molar refractivity (Wildman–Crippen MR) is 37.3 cm³/mol. The molecule has 1 rings (SSSR count). The number of nitrogens with two attached hydrogens (primary N) is 1. The summed E-state index contributed by atoms with van der Waals surface area (Å²) in [4.78, 5) is 10.2. The van der Waals surface area contributed by atoms with E-state index in [1.54, 1.807) is 18.2 Å². The van der Waals surface area contributed by atoms with Crippen molar-refractivity contribution in [3.8, 4) is 0 Å². The van der Waals surface area contributed by atoms with Crippen molar-refractivity contribution >= 4 is 6.29 Å². The lowest BCUT2D eigenvalue weighted by atomic mass is 9.99. The summed E-state index contributed by atoms with van der Waals surface area (Å²) in [5.41, 5.74) is 5.87. The van der Waals surface area contributed by atoms with Crippen molar-refractivity contribution in [2.45, 2.75) is 12.1 Å². The summed E-state index contributed by atoms with van der Waals surface area (Å²) < 4.78 is 0. The van der Waals surface area contributed by atoms with Gasteiger partial charge in [0.25, 0.3) is 0 Å². The van der Waals surface area contributed by atoms with Gasteiger partial charge in [-0.2, -0.15) is 0 Å². The van der Waals surface area contributed by atoms with Gasteiger partial charge in [-0.05, 0) is 0 Å². The van der Waals surface area contributed by atoms with E-state index in [1.807, 2.05) is 0 Å². The molecular formula is C7H9NO2. The zero-order valence-corrected chi connectivity index (χ0v) is 5.40. The molecule has 3 nitrogen and oxygen atoms in total. The summed E-state index contributed by atoms with van der Waals surface area (Å²) in [6.07, 6.45) is 4.72. The van der Waals surface area contributed by atoms with Crippen LogP contribution in [-0.4, -0.2) is 23.5 Å². The van der Waals surface area contributed by atoms with Crippen LogP contribution in [0.1, 0.15) is 0 Å². The van der Waals surface area contributed by atoms with Crippen LogP contribution in [0.25, 0.3) is 0 Å². The Morgan fingerprint density at radius 3 is 2.90 bits per heavy atom. The Morgan fingerprint density at radius 2 is 2.40 bits per heavy atom. The van der Waals surface area contributed by atoms with Crippen molar-refractivity contribution in [3.63, 3.8) is 0 Å². The topological polar surface area (TPSA) is 63.3 Å². The molecule has 0 aromatic carbocycles. The minimum absolute atomic E-state index is 0.440. The van der Waals surface area contributed by atoms with E-state index in [1.165, 1.54) is 0 Å². The van der Waals surface area contributed by atoms with Crippen LogP contribution < -0.4 is 5.73 Å². The molecule has 0 radical (unpaired) electrons. The van der Waals surface area contributed by atoms with Crippen molar-refractivity contribution in [1.82, 2.24) is 0 Å². The van der Waals surface area contributed by atoms with Gasteiger partial charge in [-0.1, -0.05) is 18.2 Å². The molecule has 3 N–H and O–H groups in total. The highest BCUT2D eigenvalue weighted by molar-refractivity contribution is 5.76. The first-order chi connectivity index (χ1) is 4.75. The number of hydrogen-bond donors (Lipinski definition) is 2. The molecule has 1 aliphatic carbocycles. The third-order valence-corrected chi connectivity index (χ3v) is 1.49. The fourth-order valence-corrected chi connectivity index (χ4v) is 0.826. The molecule has 0 aliphatic heterocycles. The molecule has 1 aliphatic rings. The van der Waals surface area contributed by atoms with Crippen molar-refractivity contribution in [2.75, 3.05) is 0 Å². The van der Waals surface area contributed by atoms with Gasteiger partial charge in [-0.3, -0.25) is 4.79 Å². The molecule has 0 aromatic heterocycles. The minimum Gasteiger partial charge on any atom is -0.387 e. The third-order valence-electron chi connectivity index (χ3n) is 1.49. The molecule has 0 unspecified atom stereocenters. The van der Waals surface area contributed by atoms with Crippen LogP contribution in [0.15, 0.2) is 23.8 Å². The van der Waals surface area contributed by atoms with Crippen LogP contribution in [0, 0.1) is 0 Å². The lowest BCUT2D eigenvalue weighted by molar-refractivity contribution is -0.105. The molecule has 0 bridgehead atoms. The number of rotatable bonds is 1. The second-order valence-corrected chi connectivity index (χ2v) is 2.19. The molecule has 0 aromatic rings. The van der Waals surface area contributed by atoms with Gasteiger partial charge < -0.3 is 10.8 Å². The van der Waals surface area contributed by atoms with Gasteiger partial charge in [0.15, 0.2) is 0 Å². The Morgan fingerprint density at radius 1 is 1.70 bits per heavy atom. The van der Waals surface area contributed by atoms with E-state index in [4.69, 9.17) is 10.8 Å². The van der Waals surface area contributed by atoms with Gasteiger partial charge in [-0.15, -0.1) is 0 Å². The molecular weight excluding hydrogens is 130 g/mol. The molecule has 0 saturated carbocycles. The summed E-state index contributed by atoms with van der Waals surface area (Å²) in [6, 6.07) is -0.553. The van der Waals surface area contributed by atoms with Gasteiger partial charge in [-0.25, -0.2) is 0 Å². The Bertz CT molecular complexity index is 196. The number of carbonyl (C=O) groups is 1. The van der Waals surface area contributed by atoms with Gasteiger partial charge in [0.1, 0.15) is 6.29 Å². The van der Waals surface area contributed by atoms with Gasteiger partial charge >= 0.3 is 0 Å². The highest BCUT2D eigenvalue weighted by atomic mass is 16.3. The molecule has 0 fully saturated rings. The molecule has 0 heterocycles. The fraction of sp³-hybridized carbons (Fsp3) is 0.286. The first-order valence-corrected chi connectivity index (χ1v) is 3.03. The first kappa shape index (κ1) is 7.18. The summed E-state index contributed by atoms with van der Waals surface area (Å²) in [5, 5.41) is 9.07. The van der Waals surface area contributed by atoms with Crippen LogP contribution in [0.5, 0.6) is 0 Å². The molecule has 2 atom stereocenters. The predicted octanol–water partition coefficient (Wildman–Crippen LogP) is -0.630. The molecule has 54 valence electrons. The summed E-state index contributed by atoms with van der Waals surface area (Å²) in [6.45, 7) is 0. The number of aliphatic hydroxyl groups excluding tert-OH is 1. The lowest BCUT2D eigenvalue weighted by Gasteiger charge is -2.17. The number of aliphatic hydroxyl groups is 1. The normalized spacial score (nSPS) is 31.6. The Kier molecular flexibility index (Phi) is 1.99. The van der Waals surface area contributed by atoms with Gasteiger partial charge in [0.2, 0.25) is 0 Å². The largest absolute Gasteiger partial charge is 0.387 e. The van der Waals surface area contributed by atoms with Crippen LogP contribution in [-0.2, 0) is 4.79 Å². The summed E-state index contributed by atoms with van der Waals surface area (Å²) in [5.74, 6) is 0. The Balaban J connectivity index is 2.81. The van der Waals surface area contributed by atoms with Crippen molar-refractivity contribution in [3.05, 3.63) is 23.8 Å². The SMILES string of the molecule is N[C@H]1C(C=O)=CC=C[C@@H]1O. The highest BCUT2D eigenvalue weighted by Gasteiger charge is 2.17. The number of allylic oxidation sites excluding steroid dienone is 2. The fourth-order valence-electron chi connectivity index (χ4n) is 0.826. The smallest absolute Gasteiger partial charge is 0.147 e. The molecule has 3 heteroatoms. The van der Waals surface area contributed by atoms with Crippen LogP contribution >= 0.6 is 0 Å². The average Bonchev–Trinajstić information content (AvgIpc) is 1.95. The van der Waals surface area contributed by atoms with E-state index in [9.17, 15) is 4.79 Å². The zero-order valence-electron chi connectivity index (χ0n) is 5.40. The maximum atomic E-state index is 10.2. The first-order valence-electron chi connectivity index (χ1n) is 3.03. The van der Waals surface area contributed by atoms with Gasteiger partial charge in [0.05, 0.1) is 12.1 Å². The molecule has 10 heavy (non-hydrogen) atoms. The molecule has 0 saturated heterocycles. The van der Waals surface area contributed by atoms with Crippen LogP contribution in [0.3, 0.4) is 0 Å². The summed E-state index contributed by atoms with van der Waals surface area (Å²) >= 11 is 0. The average molecular weight is 139 g/mol. The molecule has 0 amide bonds. The Labute approximate surface area is 58.8 Å². The second kappa shape index (κ2) is 2.77. The Hall–Kier alpha value is -0.930. The monoisotopic (exact) mass is 139 g/mol. The number of hydrogen-bond acceptors (Lipinski definition) is 3. The summed E-state index contributed by atoms with van der Waals surface area (Å²) in [7, 11) is 0. The van der Waals surface area contributed by atoms with Crippen molar-refractivity contribution < 1.29 is 9.90 Å². The van der Waals surface area contributed by atoms with E-state index < -0.39 is 12.1 Å². The zero-order chi connectivity index (χ0) is 7.56. The van der Waals surface area contributed by atoms with Crippen molar-refractivity contribution in [1.29, 1.82) is 0 Å². The van der Waals surface area contributed by atoms with Crippen LogP contribution in [0.4, 0.5) is 0 Å². The standard InChI is InChI=1S/C7H9NO2/c8-7-5(4-9)2-1-3-6(7)10/h1-4,6-7,10H,8H2/t6-,7-/m0/s1. The quantitative estimate of drug-likeness (QED) is 0.475. The van der Waals surface area contributed by atoms with Gasteiger partial charge in [0, 0.05) is 5.57 Å². The maximum Gasteiger partial charge on any atom is 0.147 e. The van der Waals surface area contributed by atoms with Crippen molar-refractivity contribution in [2.24, 2.45) is 5.73 Å². The number of carbonyl (C=O) groups excluding carboxylic acids is 1. The van der Waals surface area contributed by atoms with E-state index in [0.717, 1.165) is 0 Å². The van der Waals surface area contributed by atoms with E-state index in [0.29, 0.717) is 11.9 Å². The minimum atomic E-state index is -0.717. The lowest BCUT2D eigenvalue weighted by Crippen LogP contribution is -2.36. The maximum absolute atomic E-state index is 10.2. The number of aldehydes is 1. The molecule has 0 spiro atoms. The third kappa shape index (κ3) is 1.15. The second-order valence-electron chi connectivity index (χ2n) is 2.19. The van der Waals surface area contributed by atoms with Crippen LogP contribution in [0.2, 0.25) is 0 Å². The van der Waals surface area contributed by atoms with E-state index in [2.05, 4.69) is 0 Å². The van der Waals surface area contributed by atoms with E-state index in [-0.39, 0.29) is 0 Å².